The first kappa shape index (κ1) is 25.6. The Bertz CT molecular complexity index is 1220. The molecule has 0 aliphatic heterocycles. The van der Waals surface area contributed by atoms with Gasteiger partial charge in [0.05, 0.1) is 17.5 Å². The van der Waals surface area contributed by atoms with Crippen LogP contribution in [0.1, 0.15) is 34.8 Å². The molecular weight excluding hydrogens is 571 g/mol. The van der Waals surface area contributed by atoms with E-state index in [1.165, 1.54) is 25.9 Å². The Balaban J connectivity index is 1.87. The molecule has 4 N–H and O–H groups in total. The van der Waals surface area contributed by atoms with Gasteiger partial charge in [0.1, 0.15) is 11.5 Å². The number of benzene rings is 1. The molecule has 0 aromatic heterocycles. The standard InChI is InChI=1S/C24H25IN2O8/c1-8(28)4-10-7-13(25)11-5-9-6-12-17(27(2)3)20(31)16(23(26)34)22(33)24(12,35)21(32)14(9)19(30)15(11)18(10)29/h7,9,12,14,16-17,29,35H,4-6H2,1-3H3,(H2,26,34)/t9-,12-,14?,16?,17-,24-/m0/s1. The maximum absolute atomic E-state index is 13.7. The summed E-state index contributed by atoms with van der Waals surface area (Å²) < 4.78 is 0.639. The van der Waals surface area contributed by atoms with Gasteiger partial charge < -0.3 is 15.9 Å². The first-order valence-corrected chi connectivity index (χ1v) is 12.2. The summed E-state index contributed by atoms with van der Waals surface area (Å²) in [5.74, 6) is -11.1. The molecule has 4 rings (SSSR count). The average molecular weight is 596 g/mol. The van der Waals surface area contributed by atoms with Gasteiger partial charge in [0.2, 0.25) is 5.91 Å². The van der Waals surface area contributed by atoms with E-state index in [1.54, 1.807) is 6.07 Å². The number of nitrogens with two attached hydrogens (primary N) is 1. The number of nitrogens with zero attached hydrogens (tertiary/aromatic N) is 1. The lowest BCUT2D eigenvalue weighted by molar-refractivity contribution is -0.181. The van der Waals surface area contributed by atoms with Crippen LogP contribution in [0.5, 0.6) is 5.75 Å². The quantitative estimate of drug-likeness (QED) is 0.309. The van der Waals surface area contributed by atoms with Crippen LogP contribution in [0.2, 0.25) is 0 Å². The molecule has 0 radical (unpaired) electrons. The Labute approximate surface area is 214 Å². The van der Waals surface area contributed by atoms with Crippen molar-refractivity contribution in [1.29, 1.82) is 0 Å². The van der Waals surface area contributed by atoms with Gasteiger partial charge in [0.25, 0.3) is 0 Å². The fourth-order valence-electron chi connectivity index (χ4n) is 6.08. The number of likely N-dealkylation sites (N-methyl/N-ethyl adjacent to an activating group) is 1. The van der Waals surface area contributed by atoms with Crippen LogP contribution in [0.25, 0.3) is 0 Å². The molecule has 11 heteroatoms. The van der Waals surface area contributed by atoms with E-state index < -0.39 is 70.1 Å². The highest BCUT2D eigenvalue weighted by atomic mass is 127. The summed E-state index contributed by atoms with van der Waals surface area (Å²) in [6.07, 6.45) is 0.0792. The largest absolute Gasteiger partial charge is 0.507 e. The highest BCUT2D eigenvalue weighted by molar-refractivity contribution is 14.1. The van der Waals surface area contributed by atoms with Crippen LogP contribution in [0.4, 0.5) is 0 Å². The highest BCUT2D eigenvalue weighted by Crippen LogP contribution is 2.51. The lowest BCUT2D eigenvalue weighted by Gasteiger charge is -2.52. The Morgan fingerprint density at radius 1 is 1.20 bits per heavy atom. The van der Waals surface area contributed by atoms with E-state index in [1.807, 2.05) is 22.6 Å². The summed E-state index contributed by atoms with van der Waals surface area (Å²) in [7, 11) is 3.07. The van der Waals surface area contributed by atoms with Gasteiger partial charge in [-0.05, 0) is 74.0 Å². The van der Waals surface area contributed by atoms with Gasteiger partial charge in [-0.3, -0.25) is 33.7 Å². The van der Waals surface area contributed by atoms with E-state index in [4.69, 9.17) is 5.73 Å². The SMILES string of the molecule is CC(=O)Cc1cc(I)c2c(c1O)C(=O)C1C(=O)[C@]3(O)C(=O)C(C(N)=O)C(=O)[C@@H](N(C)C)[C@@H]3C[C@@H]1C2. The molecule has 10 nitrogen and oxygen atoms in total. The summed E-state index contributed by atoms with van der Waals surface area (Å²) >= 11 is 2.01. The number of primary amides is 1. The summed E-state index contributed by atoms with van der Waals surface area (Å²) in [4.78, 5) is 78.7. The molecule has 0 spiro atoms. The molecule has 2 fully saturated rings. The predicted octanol–water partition coefficient (Wildman–Crippen LogP) is -0.397. The molecule has 1 aromatic rings. The third kappa shape index (κ3) is 3.58. The second-order valence-electron chi connectivity index (χ2n) is 9.89. The maximum Gasteiger partial charge on any atom is 0.235 e. The average Bonchev–Trinajstić information content (AvgIpc) is 2.73. The second-order valence-corrected chi connectivity index (χ2v) is 11.1. The minimum atomic E-state index is -2.75. The molecule has 1 aromatic carbocycles. The summed E-state index contributed by atoms with van der Waals surface area (Å²) in [5, 5.41) is 22.4. The van der Waals surface area contributed by atoms with E-state index in [0.717, 1.165) is 0 Å². The zero-order valence-electron chi connectivity index (χ0n) is 19.3. The van der Waals surface area contributed by atoms with Gasteiger partial charge in [-0.2, -0.15) is 0 Å². The van der Waals surface area contributed by atoms with E-state index in [0.29, 0.717) is 9.13 Å². The first-order valence-electron chi connectivity index (χ1n) is 11.1. The smallest absolute Gasteiger partial charge is 0.235 e. The molecule has 3 aliphatic carbocycles. The summed E-state index contributed by atoms with van der Waals surface area (Å²) in [6, 6.07) is 0.486. The number of aliphatic hydroxyl groups is 1. The van der Waals surface area contributed by atoms with Crippen molar-refractivity contribution in [2.75, 3.05) is 14.1 Å². The highest BCUT2D eigenvalue weighted by Gasteiger charge is 2.69. The van der Waals surface area contributed by atoms with Gasteiger partial charge in [0.15, 0.2) is 34.7 Å². The number of phenols is 1. The molecule has 35 heavy (non-hydrogen) atoms. The summed E-state index contributed by atoms with van der Waals surface area (Å²) in [5.41, 5.74) is 3.21. The molecule has 3 aliphatic rings. The molecule has 0 saturated heterocycles. The van der Waals surface area contributed by atoms with E-state index in [2.05, 4.69) is 0 Å². The molecule has 186 valence electrons. The normalized spacial score (nSPS) is 32.2. The lowest BCUT2D eigenvalue weighted by Crippen LogP contribution is -2.74. The Morgan fingerprint density at radius 2 is 1.83 bits per heavy atom. The number of aromatic hydroxyl groups is 1. The van der Waals surface area contributed by atoms with Crippen LogP contribution in [-0.4, -0.2) is 75.7 Å². The number of ketones is 5. The van der Waals surface area contributed by atoms with Crippen LogP contribution >= 0.6 is 22.6 Å². The molecule has 2 saturated carbocycles. The molecular formula is C24H25IN2O8. The fraction of sp³-hybridized carbons (Fsp3) is 0.500. The Hall–Kier alpha value is -2.51. The van der Waals surface area contributed by atoms with Crippen molar-refractivity contribution in [3.63, 3.8) is 0 Å². The Morgan fingerprint density at radius 3 is 2.37 bits per heavy atom. The van der Waals surface area contributed by atoms with Crippen LogP contribution in [0, 0.1) is 27.2 Å². The maximum atomic E-state index is 13.7. The predicted molar refractivity (Wildman–Crippen MR) is 128 cm³/mol. The van der Waals surface area contributed by atoms with E-state index >= 15 is 0 Å². The minimum absolute atomic E-state index is 0.00403. The topological polar surface area (TPSA) is 172 Å². The van der Waals surface area contributed by atoms with Gasteiger partial charge in [0, 0.05) is 21.5 Å². The van der Waals surface area contributed by atoms with Crippen molar-refractivity contribution >= 4 is 57.4 Å². The number of rotatable bonds is 4. The Kier molecular flexibility index (Phi) is 6.25. The number of hydrogen-bond donors (Lipinski definition) is 3. The molecule has 0 bridgehead atoms. The second kappa shape index (κ2) is 8.56. The number of Topliss-reactive ketones (excluding diaryl/α,β-unsaturated/α-hetero) is 5. The molecule has 6 atom stereocenters. The number of hydrogen-bond acceptors (Lipinski definition) is 9. The zero-order chi connectivity index (χ0) is 26.1. The zero-order valence-corrected chi connectivity index (χ0v) is 21.5. The number of fused-ring (bicyclic) bond motifs is 3. The van der Waals surface area contributed by atoms with Crippen molar-refractivity contribution < 1.29 is 39.0 Å². The van der Waals surface area contributed by atoms with Gasteiger partial charge in [-0.1, -0.05) is 0 Å². The van der Waals surface area contributed by atoms with Gasteiger partial charge >= 0.3 is 0 Å². The number of carbonyl (C=O) groups excluding carboxylic acids is 6. The van der Waals surface area contributed by atoms with Gasteiger partial charge in [-0.15, -0.1) is 0 Å². The van der Waals surface area contributed by atoms with Crippen molar-refractivity contribution in [3.05, 3.63) is 26.3 Å². The van der Waals surface area contributed by atoms with E-state index in [-0.39, 0.29) is 36.2 Å². The van der Waals surface area contributed by atoms with Crippen LogP contribution in [-0.2, 0) is 36.8 Å². The monoisotopic (exact) mass is 596 g/mol. The fourth-order valence-corrected chi connectivity index (χ4v) is 6.95. The van der Waals surface area contributed by atoms with E-state index in [9.17, 15) is 39.0 Å². The third-order valence-electron chi connectivity index (χ3n) is 7.53. The number of phenolic OH excluding ortho intramolecular Hbond substituents is 1. The lowest BCUT2D eigenvalue weighted by atomic mass is 9.52. The number of amides is 1. The van der Waals surface area contributed by atoms with Crippen LogP contribution < -0.4 is 5.73 Å². The van der Waals surface area contributed by atoms with Crippen molar-refractivity contribution in [2.45, 2.75) is 37.8 Å². The molecule has 0 heterocycles. The van der Waals surface area contributed by atoms with Crippen molar-refractivity contribution in [1.82, 2.24) is 4.90 Å². The number of carbonyl (C=O) groups is 6. The van der Waals surface area contributed by atoms with Crippen molar-refractivity contribution in [2.24, 2.45) is 29.4 Å². The third-order valence-corrected chi connectivity index (χ3v) is 8.49. The van der Waals surface area contributed by atoms with Crippen molar-refractivity contribution in [3.8, 4) is 5.75 Å². The van der Waals surface area contributed by atoms with Crippen LogP contribution in [0.15, 0.2) is 6.07 Å². The molecule has 1 amide bonds. The summed E-state index contributed by atoms with van der Waals surface area (Å²) in [6.45, 7) is 1.34. The molecule has 2 unspecified atom stereocenters. The van der Waals surface area contributed by atoms with Crippen LogP contribution in [0.3, 0.4) is 0 Å². The first-order chi connectivity index (χ1) is 16.2. The number of halogens is 1. The van der Waals surface area contributed by atoms with Gasteiger partial charge in [-0.25, -0.2) is 0 Å². The minimum Gasteiger partial charge on any atom is -0.507 e.